The summed E-state index contributed by atoms with van der Waals surface area (Å²) in [6.45, 7) is 1.47. The van der Waals surface area contributed by atoms with Gasteiger partial charge in [0.15, 0.2) is 0 Å². The van der Waals surface area contributed by atoms with Gasteiger partial charge in [0.05, 0.1) is 12.7 Å². The average Bonchev–Trinajstić information content (AvgIpc) is 2.90. The van der Waals surface area contributed by atoms with Crippen molar-refractivity contribution in [2.45, 2.75) is 25.4 Å². The van der Waals surface area contributed by atoms with Crippen molar-refractivity contribution in [2.75, 3.05) is 6.61 Å². The number of hydrogen-bond acceptors (Lipinski definition) is 6. The van der Waals surface area contributed by atoms with Gasteiger partial charge in [0.1, 0.15) is 0 Å². The number of nitrogens with zero attached hydrogens (tertiary/aromatic N) is 3. The van der Waals surface area contributed by atoms with Gasteiger partial charge in [-0.05, 0) is 19.2 Å². The number of rotatable bonds is 2. The van der Waals surface area contributed by atoms with E-state index in [1.54, 1.807) is 10.8 Å². The van der Waals surface area contributed by atoms with Crippen molar-refractivity contribution < 1.29 is 98.7 Å². The van der Waals surface area contributed by atoms with Gasteiger partial charge >= 0.3 is 58.2 Å². The van der Waals surface area contributed by atoms with Crippen LogP contribution in [-0.4, -0.2) is 48.7 Å². The number of ether oxygens (including phenoxy) is 1. The minimum atomic E-state index is -1.22. The molecule has 1 aliphatic heterocycles. The Morgan fingerprint density at radius 3 is 2.77 bits per heavy atom. The molecular weight excluding hydrogens is 789 g/mol. The Labute approximate surface area is 184 Å². The molecule has 0 bridgehead atoms. The first-order valence-electron chi connectivity index (χ1n) is 5.76. The van der Waals surface area contributed by atoms with Crippen LogP contribution in [0.5, 0.6) is 0 Å². The van der Waals surface area contributed by atoms with E-state index in [2.05, 4.69) is 22.5 Å². The first-order chi connectivity index (χ1) is 9.13. The molecule has 3 heterocycles. The van der Waals surface area contributed by atoms with Gasteiger partial charge in [0, 0.05) is 26.7 Å². The maximum absolute atomic E-state index is 9.93. The number of aliphatic hydroxyl groups is 3. The van der Waals surface area contributed by atoms with Gasteiger partial charge in [0.2, 0.25) is 0 Å². The Morgan fingerprint density at radius 1 is 1.50 bits per heavy atom. The predicted molar refractivity (Wildman–Crippen MR) is 62.1 cm³/mol. The van der Waals surface area contributed by atoms with Gasteiger partial charge in [-0.2, -0.15) is 11.7 Å². The Balaban J connectivity index is 0.00000147. The summed E-state index contributed by atoms with van der Waals surface area (Å²) in [5, 5.41) is 29.4. The van der Waals surface area contributed by atoms with E-state index in [0.717, 1.165) is 5.56 Å². The monoisotopic (exact) mass is 801 g/mol. The molecule has 7 nitrogen and oxygen atoms in total. The van der Waals surface area contributed by atoms with E-state index < -0.39 is 18.4 Å². The van der Waals surface area contributed by atoms with E-state index >= 15 is 0 Å². The van der Waals surface area contributed by atoms with E-state index in [4.69, 9.17) is 9.84 Å². The Hall–Kier alpha value is -0.0725. The van der Waals surface area contributed by atoms with E-state index in [1.807, 2.05) is 6.92 Å². The molecule has 3 atom stereocenters. The zero-order valence-corrected chi connectivity index (χ0v) is 26.2. The average molecular weight is 801 g/mol. The third-order valence-corrected chi connectivity index (χ3v) is 3.21. The molecule has 10 heteroatoms. The molecule has 1 fully saturated rings. The molecule has 0 spiro atoms. The summed E-state index contributed by atoms with van der Waals surface area (Å²) in [7, 11) is 0. The van der Waals surface area contributed by atoms with Gasteiger partial charge < -0.3 is 34.6 Å². The predicted octanol–water partition coefficient (Wildman–Crippen LogP) is -3.50. The molecule has 1 saturated heterocycles. The first kappa shape index (κ1) is 21.9. The Bertz CT molecular complexity index is 617. The van der Waals surface area contributed by atoms with Crippen molar-refractivity contribution in [3.63, 3.8) is 0 Å². The van der Waals surface area contributed by atoms with Crippen molar-refractivity contribution >= 4 is 11.0 Å². The summed E-state index contributed by atoms with van der Waals surface area (Å²) < 4.78 is 6.99. The van der Waals surface area contributed by atoms with Crippen LogP contribution < -0.4 is 58.2 Å². The van der Waals surface area contributed by atoms with Crippen LogP contribution in [0.25, 0.3) is 11.0 Å². The van der Waals surface area contributed by atoms with Gasteiger partial charge in [-0.1, -0.05) is 11.2 Å². The smallest absolute Gasteiger partial charge is 0.556 e. The van der Waals surface area contributed by atoms with Crippen LogP contribution in [0.3, 0.4) is 0 Å². The molecule has 0 unspecified atom stereocenters. The minimum Gasteiger partial charge on any atom is -0.556 e. The largest absolute Gasteiger partial charge is 1.00 e. The van der Waals surface area contributed by atoms with Gasteiger partial charge in [0.25, 0.3) is 0 Å². The third kappa shape index (κ3) is 3.54. The summed E-state index contributed by atoms with van der Waals surface area (Å²) >= 11 is 0. The number of aliphatic hydroxyl groups excluding tert-OH is 3. The van der Waals surface area contributed by atoms with E-state index in [1.165, 1.54) is 0 Å². The summed E-state index contributed by atoms with van der Waals surface area (Å²) in [6, 6.07) is 0. The maximum atomic E-state index is 9.93. The number of hydrogen-bond donors (Lipinski definition) is 3. The van der Waals surface area contributed by atoms with E-state index in [-0.39, 0.29) is 91.3 Å². The molecule has 1 aliphatic rings. The van der Waals surface area contributed by atoms with Crippen molar-refractivity contribution in [1.82, 2.24) is 14.5 Å². The minimum absolute atomic E-state index is 0. The third-order valence-electron chi connectivity index (χ3n) is 3.21. The van der Waals surface area contributed by atoms with Crippen LogP contribution in [0.15, 0.2) is 6.20 Å². The SMILES string of the molecule is Cc1cn([C@@H]2O[C@H](CO)[C@@H](O)[C-]2O)c2n[c-]n[c-]c12.[Rb+].[Re].[Rf]. The van der Waals surface area contributed by atoms with Crippen molar-refractivity contribution in [3.8, 4) is 0 Å². The summed E-state index contributed by atoms with van der Waals surface area (Å²) in [5.74, 6) is 0. The molecule has 3 N–H and O–H groups in total. The van der Waals surface area contributed by atoms with Gasteiger partial charge in [-0.25, -0.2) is 6.20 Å². The fourth-order valence-electron chi connectivity index (χ4n) is 2.22. The number of fused-ring (bicyclic) bond motifs is 1. The Kier molecular flexibility index (Phi) is 8.66. The molecule has 3 rings (SSSR count). The summed E-state index contributed by atoms with van der Waals surface area (Å²) in [4.78, 5) is 7.71. The van der Waals surface area contributed by atoms with Gasteiger partial charge in [-0.15, -0.1) is 6.10 Å². The molecule has 0 amide bonds. The normalized spacial score (nSPS) is 24.5. The fourth-order valence-corrected chi connectivity index (χ4v) is 2.22. The molecule has 0 aromatic carbocycles. The van der Waals surface area contributed by atoms with Crippen molar-refractivity contribution in [3.05, 3.63) is 30.4 Å². The molecule has 2 aromatic rings. The first-order valence-corrected chi connectivity index (χ1v) is 5.76. The van der Waals surface area contributed by atoms with Crippen LogP contribution >= 0.6 is 0 Å². The summed E-state index contributed by atoms with van der Waals surface area (Å²) in [5.41, 5.74) is 1.36. The topological polar surface area (TPSA) is 101 Å². The molecular formula is C12H12N3O4RbReRf-2. The maximum Gasteiger partial charge on any atom is 1.00 e. The fraction of sp³-hybridized carbons (Fsp3) is 0.417. The van der Waals surface area contributed by atoms with Crippen molar-refractivity contribution in [2.24, 2.45) is 0 Å². The van der Waals surface area contributed by atoms with E-state index in [0.29, 0.717) is 11.0 Å². The second kappa shape index (κ2) is 8.69. The quantitative estimate of drug-likeness (QED) is 0.273. The summed E-state index contributed by atoms with van der Waals surface area (Å²) in [6.07, 6.45) is 3.70. The molecule has 2 aromatic heterocycles. The second-order valence-electron chi connectivity index (χ2n) is 4.43. The Morgan fingerprint density at radius 2 is 2.18 bits per heavy atom. The molecule has 0 aliphatic carbocycles. The zero-order chi connectivity index (χ0) is 13.6. The molecule has 111 valence electrons. The standard InChI is InChI=1S/C12H12N3O4.Rb.Re.Rf/c1-6-3-15(11-7(6)2-13-5-14-11)12-10(18)9(17)8(4-16)19-12;;;/h3,8-9,12,16-18H,4H2,1H3;;;/q-3;+1;;/t8-,9-,12-;;;/m1.../s1. The zero-order valence-electron chi connectivity index (χ0n) is 12.2. The number of aromatic nitrogens is 3. The number of aryl methyl sites for hydroxylation is 1. The molecule has 1 radical (unpaired) electrons. The van der Waals surface area contributed by atoms with Crippen LogP contribution in [0.1, 0.15) is 11.8 Å². The van der Waals surface area contributed by atoms with Crippen molar-refractivity contribution in [1.29, 1.82) is 0 Å². The van der Waals surface area contributed by atoms with Crippen LogP contribution in [0.2, 0.25) is 0 Å². The van der Waals surface area contributed by atoms with Crippen LogP contribution in [0.4, 0.5) is 0 Å². The van der Waals surface area contributed by atoms with Gasteiger partial charge in [-0.3, -0.25) is 0 Å². The molecule has 0 saturated carbocycles. The second-order valence-corrected chi connectivity index (χ2v) is 4.43. The van der Waals surface area contributed by atoms with E-state index in [9.17, 15) is 10.2 Å². The van der Waals surface area contributed by atoms with Crippen LogP contribution in [0, 0.1) is 25.6 Å². The van der Waals surface area contributed by atoms with Crippen LogP contribution in [-0.2, 0) is 25.2 Å². The molecule has 22 heavy (non-hydrogen) atoms.